The van der Waals surface area contributed by atoms with Crippen molar-refractivity contribution in [3.8, 4) is 0 Å². The smallest absolute Gasteiger partial charge is 0.128 e. The van der Waals surface area contributed by atoms with Gasteiger partial charge in [-0.3, -0.25) is 0 Å². The molecule has 0 aromatic heterocycles. The molecule has 0 fully saturated rings. The highest BCUT2D eigenvalue weighted by molar-refractivity contribution is 9.10. The molecule has 2 rings (SSSR count). The van der Waals surface area contributed by atoms with E-state index >= 15 is 0 Å². The second-order valence-corrected chi connectivity index (χ2v) is 6.08. The van der Waals surface area contributed by atoms with E-state index in [4.69, 9.17) is 0 Å². The monoisotopic (exact) mass is 353 g/mol. The highest BCUT2D eigenvalue weighted by Gasteiger charge is 2.11. The van der Waals surface area contributed by atoms with Crippen molar-refractivity contribution in [1.29, 1.82) is 0 Å². The Morgan fingerprint density at radius 3 is 2.62 bits per heavy atom. The van der Waals surface area contributed by atoms with Gasteiger partial charge in [0, 0.05) is 16.1 Å². The Morgan fingerprint density at radius 1 is 1.14 bits per heavy atom. The van der Waals surface area contributed by atoms with Crippen molar-refractivity contribution in [2.75, 3.05) is 6.54 Å². The SMILES string of the molecule is Cc1cc(F)ccc1CCNC(C)c1cc(Br)ccc1F. The molecule has 0 saturated carbocycles. The first-order valence-corrected chi connectivity index (χ1v) is 7.70. The average Bonchev–Trinajstić information content (AvgIpc) is 2.43. The predicted molar refractivity (Wildman–Crippen MR) is 85.4 cm³/mol. The second-order valence-electron chi connectivity index (χ2n) is 5.16. The number of hydrogen-bond donors (Lipinski definition) is 1. The zero-order valence-corrected chi connectivity index (χ0v) is 13.7. The number of benzene rings is 2. The van der Waals surface area contributed by atoms with Crippen LogP contribution in [0.15, 0.2) is 40.9 Å². The normalized spacial score (nSPS) is 12.4. The van der Waals surface area contributed by atoms with E-state index in [1.54, 1.807) is 18.2 Å². The fraction of sp³-hybridized carbons (Fsp3) is 0.294. The summed E-state index contributed by atoms with van der Waals surface area (Å²) in [6, 6.07) is 9.66. The Kier molecular flexibility index (Phi) is 5.48. The quantitative estimate of drug-likeness (QED) is 0.803. The summed E-state index contributed by atoms with van der Waals surface area (Å²) in [7, 11) is 0. The molecular formula is C17H18BrF2N. The molecule has 1 nitrogen and oxygen atoms in total. The number of hydrogen-bond acceptors (Lipinski definition) is 1. The maximum Gasteiger partial charge on any atom is 0.128 e. The standard InChI is InChI=1S/C17H18BrF2N/c1-11-9-15(19)5-3-13(11)7-8-21-12(2)16-10-14(18)4-6-17(16)20/h3-6,9-10,12,21H,7-8H2,1-2H3. The lowest BCUT2D eigenvalue weighted by Gasteiger charge is -2.16. The van der Waals surface area contributed by atoms with Crippen LogP contribution in [0.25, 0.3) is 0 Å². The molecule has 4 heteroatoms. The van der Waals surface area contributed by atoms with Crippen LogP contribution in [-0.2, 0) is 6.42 Å². The fourth-order valence-corrected chi connectivity index (χ4v) is 2.70. The van der Waals surface area contributed by atoms with Gasteiger partial charge in [-0.1, -0.05) is 22.0 Å². The van der Waals surface area contributed by atoms with Crippen molar-refractivity contribution >= 4 is 15.9 Å². The van der Waals surface area contributed by atoms with Crippen LogP contribution in [0.5, 0.6) is 0 Å². The summed E-state index contributed by atoms with van der Waals surface area (Å²) in [6.07, 6.45) is 0.784. The number of nitrogens with one attached hydrogen (secondary N) is 1. The highest BCUT2D eigenvalue weighted by atomic mass is 79.9. The summed E-state index contributed by atoms with van der Waals surface area (Å²) in [5.41, 5.74) is 2.68. The Hall–Kier alpha value is -1.26. The maximum absolute atomic E-state index is 13.8. The Bertz CT molecular complexity index is 628. The third kappa shape index (κ3) is 4.35. The number of halogens is 3. The van der Waals surface area contributed by atoms with Gasteiger partial charge in [0.15, 0.2) is 0 Å². The molecule has 0 saturated heterocycles. The molecule has 0 aliphatic rings. The van der Waals surface area contributed by atoms with Gasteiger partial charge in [-0.2, -0.15) is 0 Å². The summed E-state index contributed by atoms with van der Waals surface area (Å²) in [5.74, 6) is -0.426. The van der Waals surface area contributed by atoms with Crippen molar-refractivity contribution in [3.05, 3.63) is 69.2 Å². The minimum Gasteiger partial charge on any atom is -0.310 e. The van der Waals surface area contributed by atoms with E-state index in [1.165, 1.54) is 18.2 Å². The van der Waals surface area contributed by atoms with Crippen LogP contribution in [0.3, 0.4) is 0 Å². The lowest BCUT2D eigenvalue weighted by Crippen LogP contribution is -2.22. The molecule has 0 amide bonds. The van der Waals surface area contributed by atoms with Crippen LogP contribution in [0.4, 0.5) is 8.78 Å². The first-order valence-electron chi connectivity index (χ1n) is 6.90. The zero-order valence-electron chi connectivity index (χ0n) is 12.1. The van der Waals surface area contributed by atoms with Gasteiger partial charge in [0.25, 0.3) is 0 Å². The van der Waals surface area contributed by atoms with Gasteiger partial charge in [-0.15, -0.1) is 0 Å². The molecule has 0 radical (unpaired) electrons. The molecule has 1 unspecified atom stereocenters. The third-order valence-electron chi connectivity index (χ3n) is 3.57. The molecule has 112 valence electrons. The Balaban J connectivity index is 1.95. The van der Waals surface area contributed by atoms with Crippen molar-refractivity contribution in [3.63, 3.8) is 0 Å². The van der Waals surface area contributed by atoms with Crippen molar-refractivity contribution < 1.29 is 8.78 Å². The van der Waals surface area contributed by atoms with E-state index in [0.29, 0.717) is 12.1 Å². The van der Waals surface area contributed by atoms with Crippen LogP contribution in [0.1, 0.15) is 29.7 Å². The van der Waals surface area contributed by atoms with Crippen molar-refractivity contribution in [2.24, 2.45) is 0 Å². The predicted octanol–water partition coefficient (Wildman–Crippen LogP) is 4.93. The molecule has 0 bridgehead atoms. The first kappa shape index (κ1) is 16.1. The van der Waals surface area contributed by atoms with Crippen LogP contribution in [0.2, 0.25) is 0 Å². The summed E-state index contributed by atoms with van der Waals surface area (Å²) in [5, 5.41) is 3.30. The van der Waals surface area contributed by atoms with Crippen LogP contribution >= 0.6 is 15.9 Å². The second kappa shape index (κ2) is 7.14. The molecular weight excluding hydrogens is 336 g/mol. The van der Waals surface area contributed by atoms with E-state index in [1.807, 2.05) is 13.8 Å². The Labute approximate surface area is 132 Å². The van der Waals surface area contributed by atoms with Crippen LogP contribution in [0, 0.1) is 18.6 Å². The molecule has 1 N–H and O–H groups in total. The largest absolute Gasteiger partial charge is 0.310 e. The summed E-state index contributed by atoms with van der Waals surface area (Å²) < 4.78 is 27.7. The molecule has 0 aliphatic heterocycles. The topological polar surface area (TPSA) is 12.0 Å². The van der Waals surface area contributed by atoms with Gasteiger partial charge in [0.1, 0.15) is 11.6 Å². The summed E-state index contributed by atoms with van der Waals surface area (Å²) in [4.78, 5) is 0. The minimum atomic E-state index is -0.214. The number of aryl methyl sites for hydroxylation is 1. The van der Waals surface area contributed by atoms with E-state index in [-0.39, 0.29) is 17.7 Å². The highest BCUT2D eigenvalue weighted by Crippen LogP contribution is 2.21. The first-order chi connectivity index (χ1) is 9.97. The van der Waals surface area contributed by atoms with E-state index < -0.39 is 0 Å². The van der Waals surface area contributed by atoms with Gasteiger partial charge < -0.3 is 5.32 Å². The third-order valence-corrected chi connectivity index (χ3v) is 4.07. The molecule has 2 aromatic rings. The molecule has 2 aromatic carbocycles. The zero-order chi connectivity index (χ0) is 15.4. The minimum absolute atomic E-state index is 0.0803. The number of rotatable bonds is 5. The van der Waals surface area contributed by atoms with Gasteiger partial charge in [-0.25, -0.2) is 8.78 Å². The molecule has 21 heavy (non-hydrogen) atoms. The molecule has 0 aliphatic carbocycles. The van der Waals surface area contributed by atoms with Gasteiger partial charge in [0.2, 0.25) is 0 Å². The maximum atomic E-state index is 13.8. The lowest BCUT2D eigenvalue weighted by atomic mass is 10.0. The lowest BCUT2D eigenvalue weighted by molar-refractivity contribution is 0.530. The van der Waals surface area contributed by atoms with E-state index in [2.05, 4.69) is 21.2 Å². The fourth-order valence-electron chi connectivity index (χ4n) is 2.32. The molecule has 0 spiro atoms. The Morgan fingerprint density at radius 2 is 1.90 bits per heavy atom. The molecule has 0 heterocycles. The van der Waals surface area contributed by atoms with E-state index in [0.717, 1.165) is 22.0 Å². The van der Waals surface area contributed by atoms with Gasteiger partial charge >= 0.3 is 0 Å². The molecule has 1 atom stereocenters. The van der Waals surface area contributed by atoms with Crippen molar-refractivity contribution in [1.82, 2.24) is 5.32 Å². The summed E-state index contributed by atoms with van der Waals surface area (Å²) >= 11 is 3.36. The van der Waals surface area contributed by atoms with Crippen molar-refractivity contribution in [2.45, 2.75) is 26.3 Å². The van der Waals surface area contributed by atoms with Crippen LogP contribution in [-0.4, -0.2) is 6.54 Å². The van der Waals surface area contributed by atoms with Gasteiger partial charge in [0.05, 0.1) is 0 Å². The van der Waals surface area contributed by atoms with Gasteiger partial charge in [-0.05, 0) is 68.3 Å². The van der Waals surface area contributed by atoms with E-state index in [9.17, 15) is 8.78 Å². The van der Waals surface area contributed by atoms with Crippen LogP contribution < -0.4 is 5.32 Å². The average molecular weight is 354 g/mol. The summed E-state index contributed by atoms with van der Waals surface area (Å²) in [6.45, 7) is 4.54.